The van der Waals surface area contributed by atoms with Crippen molar-refractivity contribution in [2.45, 2.75) is 13.8 Å². The standard InChI is InChI=1S/C14H16N/c1-11-7-4-5-9-13(11)14-12(2)8-6-10-15(14)3/h4-10H,1-3H3/q+1/i2D3. The fraction of sp³-hybridized carbons (Fsp3) is 0.214. The fourth-order valence-corrected chi connectivity index (χ4v) is 1.79. The van der Waals surface area contributed by atoms with Crippen molar-refractivity contribution in [3.63, 3.8) is 0 Å². The Morgan fingerprint density at radius 3 is 2.53 bits per heavy atom. The van der Waals surface area contributed by atoms with E-state index in [1.54, 1.807) is 12.1 Å². The zero-order chi connectivity index (χ0) is 13.3. The van der Waals surface area contributed by atoms with Crippen LogP contribution in [0.15, 0.2) is 42.6 Å². The third kappa shape index (κ3) is 1.78. The van der Waals surface area contributed by atoms with Gasteiger partial charge in [-0.15, -0.1) is 0 Å². The molecule has 0 radical (unpaired) electrons. The molecule has 76 valence electrons. The van der Waals surface area contributed by atoms with Gasteiger partial charge in [-0.2, -0.15) is 0 Å². The average Bonchev–Trinajstić information content (AvgIpc) is 2.29. The van der Waals surface area contributed by atoms with E-state index in [0.717, 1.165) is 16.8 Å². The molecule has 0 bridgehead atoms. The van der Waals surface area contributed by atoms with Crippen molar-refractivity contribution in [1.82, 2.24) is 0 Å². The normalized spacial score (nSPS) is 14.1. The molecule has 0 saturated heterocycles. The highest BCUT2D eigenvalue weighted by Gasteiger charge is 2.13. The van der Waals surface area contributed by atoms with E-state index in [-0.39, 0.29) is 0 Å². The lowest BCUT2D eigenvalue weighted by atomic mass is 10.0. The third-order valence-corrected chi connectivity index (χ3v) is 2.58. The van der Waals surface area contributed by atoms with Crippen LogP contribution in [0.5, 0.6) is 0 Å². The maximum Gasteiger partial charge on any atom is 0.215 e. The fourth-order valence-electron chi connectivity index (χ4n) is 1.79. The summed E-state index contributed by atoms with van der Waals surface area (Å²) in [5.41, 5.74) is 3.19. The second kappa shape index (κ2) is 3.85. The lowest BCUT2D eigenvalue weighted by molar-refractivity contribution is -0.660. The average molecular weight is 201 g/mol. The summed E-state index contributed by atoms with van der Waals surface area (Å²) in [6.45, 7) is -0.109. The number of rotatable bonds is 1. The van der Waals surface area contributed by atoms with Crippen molar-refractivity contribution < 1.29 is 8.68 Å². The molecule has 0 aliphatic heterocycles. The van der Waals surface area contributed by atoms with Crippen LogP contribution in [-0.2, 0) is 7.05 Å². The highest BCUT2D eigenvalue weighted by atomic mass is 14.9. The first-order valence-corrected chi connectivity index (χ1v) is 4.96. The number of benzene rings is 1. The van der Waals surface area contributed by atoms with E-state index in [1.807, 2.05) is 49.0 Å². The topological polar surface area (TPSA) is 3.88 Å². The van der Waals surface area contributed by atoms with E-state index in [9.17, 15) is 0 Å². The van der Waals surface area contributed by atoms with Crippen LogP contribution in [0.3, 0.4) is 0 Å². The maximum absolute atomic E-state index is 7.65. The van der Waals surface area contributed by atoms with Gasteiger partial charge < -0.3 is 0 Å². The molecular weight excluding hydrogens is 182 g/mol. The van der Waals surface area contributed by atoms with Gasteiger partial charge in [0.2, 0.25) is 5.69 Å². The SMILES string of the molecule is [2H]C([2H])([2H])c1ccc[n+](C)c1-c1ccccc1C. The Kier molecular flexibility index (Phi) is 1.74. The third-order valence-electron chi connectivity index (χ3n) is 2.58. The Morgan fingerprint density at radius 1 is 1.07 bits per heavy atom. The first-order chi connectivity index (χ1) is 8.41. The molecule has 0 amide bonds. The molecule has 15 heavy (non-hydrogen) atoms. The van der Waals surface area contributed by atoms with Crippen LogP contribution in [0.2, 0.25) is 0 Å². The molecular formula is C14H16N+. The summed E-state index contributed by atoms with van der Waals surface area (Å²) in [6, 6.07) is 11.3. The number of hydrogen-bond donors (Lipinski definition) is 0. The Morgan fingerprint density at radius 2 is 1.80 bits per heavy atom. The van der Waals surface area contributed by atoms with Gasteiger partial charge in [-0.05, 0) is 31.5 Å². The molecule has 0 unspecified atom stereocenters. The summed E-state index contributed by atoms with van der Waals surface area (Å²) < 4.78 is 24.8. The molecule has 1 aromatic heterocycles. The van der Waals surface area contributed by atoms with Crippen LogP contribution in [0, 0.1) is 13.8 Å². The molecule has 0 aliphatic carbocycles. The summed E-state index contributed by atoms with van der Waals surface area (Å²) in [7, 11) is 1.87. The highest BCUT2D eigenvalue weighted by molar-refractivity contribution is 5.63. The van der Waals surface area contributed by atoms with Gasteiger partial charge in [0.15, 0.2) is 6.20 Å². The summed E-state index contributed by atoms with van der Waals surface area (Å²) in [4.78, 5) is 0. The minimum absolute atomic E-state index is 0.391. The van der Waals surface area contributed by atoms with Gasteiger partial charge >= 0.3 is 0 Å². The Balaban J connectivity index is 2.75. The molecule has 1 aromatic carbocycles. The van der Waals surface area contributed by atoms with Gasteiger partial charge in [-0.3, -0.25) is 0 Å². The molecule has 1 nitrogen and oxygen atoms in total. The molecule has 0 aliphatic rings. The maximum atomic E-state index is 7.65. The largest absolute Gasteiger partial charge is 0.215 e. The van der Waals surface area contributed by atoms with Crippen molar-refractivity contribution in [3.05, 3.63) is 53.7 Å². The van der Waals surface area contributed by atoms with Gasteiger partial charge in [0.25, 0.3) is 0 Å². The van der Waals surface area contributed by atoms with Crippen molar-refractivity contribution in [3.8, 4) is 11.3 Å². The zero-order valence-corrected chi connectivity index (χ0v) is 8.99. The van der Waals surface area contributed by atoms with Crippen LogP contribution < -0.4 is 4.57 Å². The minimum atomic E-state index is -2.10. The number of nitrogens with zero attached hydrogens (tertiary/aromatic N) is 1. The monoisotopic (exact) mass is 201 g/mol. The van der Waals surface area contributed by atoms with E-state index < -0.39 is 6.85 Å². The van der Waals surface area contributed by atoms with Crippen molar-refractivity contribution in [1.29, 1.82) is 0 Å². The summed E-state index contributed by atoms with van der Waals surface area (Å²) in [6.07, 6.45) is 1.87. The molecule has 0 fully saturated rings. The van der Waals surface area contributed by atoms with E-state index >= 15 is 0 Å². The zero-order valence-electron chi connectivity index (χ0n) is 12.0. The Bertz CT molecular complexity index is 573. The van der Waals surface area contributed by atoms with Crippen LogP contribution in [0.1, 0.15) is 15.2 Å². The molecule has 0 spiro atoms. The molecule has 2 aromatic rings. The molecule has 0 saturated carbocycles. The van der Waals surface area contributed by atoms with E-state index in [0.29, 0.717) is 5.56 Å². The first-order valence-electron chi connectivity index (χ1n) is 6.46. The molecule has 1 heterocycles. The van der Waals surface area contributed by atoms with Crippen LogP contribution in [-0.4, -0.2) is 0 Å². The number of aromatic nitrogens is 1. The number of aryl methyl sites for hydroxylation is 3. The predicted octanol–water partition coefficient (Wildman–Crippen LogP) is 2.79. The second-order valence-electron chi connectivity index (χ2n) is 3.70. The summed E-state index contributed by atoms with van der Waals surface area (Å²) in [5, 5.41) is 0. The van der Waals surface area contributed by atoms with Gasteiger partial charge in [0.05, 0.1) is 0 Å². The molecule has 0 N–H and O–H groups in total. The quantitative estimate of drug-likeness (QED) is 0.625. The number of hydrogen-bond acceptors (Lipinski definition) is 0. The molecule has 1 heteroatoms. The van der Waals surface area contributed by atoms with Crippen LogP contribution in [0.25, 0.3) is 11.3 Å². The Labute approximate surface area is 95.2 Å². The van der Waals surface area contributed by atoms with E-state index in [4.69, 9.17) is 4.11 Å². The predicted molar refractivity (Wildman–Crippen MR) is 62.5 cm³/mol. The van der Waals surface area contributed by atoms with Crippen molar-refractivity contribution in [2.75, 3.05) is 0 Å². The Hall–Kier alpha value is -1.63. The van der Waals surface area contributed by atoms with Gasteiger partial charge in [-0.25, -0.2) is 4.57 Å². The van der Waals surface area contributed by atoms with E-state index in [2.05, 4.69) is 0 Å². The van der Waals surface area contributed by atoms with Gasteiger partial charge in [0.1, 0.15) is 7.05 Å². The molecule has 0 atom stereocenters. The summed E-state index contributed by atoms with van der Waals surface area (Å²) >= 11 is 0. The highest BCUT2D eigenvalue weighted by Crippen LogP contribution is 2.22. The van der Waals surface area contributed by atoms with Crippen LogP contribution >= 0.6 is 0 Å². The van der Waals surface area contributed by atoms with E-state index in [1.165, 1.54) is 0 Å². The second-order valence-corrected chi connectivity index (χ2v) is 3.70. The van der Waals surface area contributed by atoms with Gasteiger partial charge in [-0.1, -0.05) is 18.2 Å². The van der Waals surface area contributed by atoms with Crippen molar-refractivity contribution in [2.24, 2.45) is 7.05 Å². The van der Waals surface area contributed by atoms with Crippen molar-refractivity contribution >= 4 is 0 Å². The molecule has 2 rings (SSSR count). The summed E-state index contributed by atoms with van der Waals surface area (Å²) in [5.74, 6) is 0. The lowest BCUT2D eigenvalue weighted by Gasteiger charge is -2.06. The minimum Gasteiger partial charge on any atom is -0.201 e. The first kappa shape index (κ1) is 6.78. The lowest BCUT2D eigenvalue weighted by Crippen LogP contribution is -2.31. The van der Waals surface area contributed by atoms with Gasteiger partial charge in [0, 0.05) is 21.3 Å². The number of pyridine rings is 1. The van der Waals surface area contributed by atoms with Crippen LogP contribution in [0.4, 0.5) is 0 Å². The smallest absolute Gasteiger partial charge is 0.201 e.